The normalized spacial score (nSPS) is 16.4. The molecule has 1 nitrogen and oxygen atoms in total. The summed E-state index contributed by atoms with van der Waals surface area (Å²) in [4.78, 5) is 9.38. The van der Waals surface area contributed by atoms with E-state index in [1.807, 2.05) is 0 Å². The zero-order chi connectivity index (χ0) is 15.7. The van der Waals surface area contributed by atoms with Crippen molar-refractivity contribution in [3.63, 3.8) is 0 Å². The molecular weight excluding hydrogens is 579 g/mol. The topological polar surface area (TPSA) is 20.2 Å². The van der Waals surface area contributed by atoms with Crippen LogP contribution in [0.25, 0.3) is 0 Å². The maximum absolute atomic E-state index is 9.38. The Bertz CT molecular complexity index is 317. The molecule has 0 spiro atoms. The Hall–Kier alpha value is 1.48. The Labute approximate surface area is 140 Å². The van der Waals surface area contributed by atoms with Crippen LogP contribution in [-0.4, -0.2) is 17.2 Å². The molecule has 0 fully saturated rings. The van der Waals surface area contributed by atoms with Crippen molar-refractivity contribution in [3.05, 3.63) is 22.3 Å². The SMILES string of the molecule is CCCCP(O)CCCC.[CH3][Ir]([CH3])([Br])([Br])[C]1=CC=CC1. The molecule has 1 rings (SSSR count). The van der Waals surface area contributed by atoms with E-state index in [1.54, 1.807) is 4.09 Å². The van der Waals surface area contributed by atoms with Crippen LogP contribution in [0, 0.1) is 0 Å². The molecule has 20 heavy (non-hydrogen) atoms. The summed E-state index contributed by atoms with van der Waals surface area (Å²) in [6.45, 7) is 4.34. The summed E-state index contributed by atoms with van der Waals surface area (Å²) in [6.07, 6.45) is 14.6. The molecule has 124 valence electrons. The van der Waals surface area contributed by atoms with E-state index in [-0.39, 0.29) is 0 Å². The average molecular weight is 609 g/mol. The van der Waals surface area contributed by atoms with E-state index in [0.717, 1.165) is 18.7 Å². The first kappa shape index (κ1) is 21.5. The summed E-state index contributed by atoms with van der Waals surface area (Å²) < 4.78 is 1.55. The predicted octanol–water partition coefficient (Wildman–Crippen LogP) is 7.21. The van der Waals surface area contributed by atoms with Gasteiger partial charge in [0.2, 0.25) is 0 Å². The van der Waals surface area contributed by atoms with Crippen molar-refractivity contribution < 1.29 is 15.0 Å². The molecule has 0 amide bonds. The fourth-order valence-electron chi connectivity index (χ4n) is 1.55. The Morgan fingerprint density at radius 3 is 1.90 bits per heavy atom. The third kappa shape index (κ3) is 11.1. The van der Waals surface area contributed by atoms with Gasteiger partial charge in [0.15, 0.2) is 0 Å². The summed E-state index contributed by atoms with van der Waals surface area (Å²) >= 11 is 7.62. The molecule has 0 radical (unpaired) electrons. The van der Waals surface area contributed by atoms with Gasteiger partial charge in [0.1, 0.15) is 0 Å². The zero-order valence-electron chi connectivity index (χ0n) is 13.2. The molecule has 0 heterocycles. The molecule has 0 saturated heterocycles. The van der Waals surface area contributed by atoms with Crippen molar-refractivity contribution in [3.8, 4) is 0 Å². The van der Waals surface area contributed by atoms with Crippen LogP contribution in [-0.2, 0) is 10.1 Å². The number of rotatable bonds is 7. The van der Waals surface area contributed by atoms with Crippen LogP contribution in [0.2, 0.25) is 10.9 Å². The van der Waals surface area contributed by atoms with Crippen molar-refractivity contribution in [1.82, 2.24) is 0 Å². The van der Waals surface area contributed by atoms with E-state index >= 15 is 0 Å². The van der Waals surface area contributed by atoms with Gasteiger partial charge in [-0.3, -0.25) is 0 Å². The van der Waals surface area contributed by atoms with Crippen LogP contribution in [0.3, 0.4) is 0 Å². The van der Waals surface area contributed by atoms with Crippen LogP contribution >= 0.6 is 35.1 Å². The van der Waals surface area contributed by atoms with Crippen LogP contribution < -0.4 is 0 Å². The minimum absolute atomic E-state index is 0.592. The van der Waals surface area contributed by atoms with Crippen LogP contribution in [0.1, 0.15) is 46.0 Å². The van der Waals surface area contributed by atoms with Gasteiger partial charge in [-0.2, -0.15) is 0 Å². The molecule has 0 aromatic rings. The van der Waals surface area contributed by atoms with Gasteiger partial charge < -0.3 is 4.89 Å². The number of unbranched alkanes of at least 4 members (excludes halogenated alkanes) is 2. The Morgan fingerprint density at radius 1 is 1.15 bits per heavy atom. The van der Waals surface area contributed by atoms with E-state index in [0.29, 0.717) is 0 Å². The van der Waals surface area contributed by atoms with Crippen LogP contribution in [0.4, 0.5) is 0 Å². The summed E-state index contributed by atoms with van der Waals surface area (Å²) in [5.41, 5.74) is 4.60. The van der Waals surface area contributed by atoms with E-state index in [9.17, 15) is 4.89 Å². The molecule has 0 bridgehead atoms. The van der Waals surface area contributed by atoms with E-state index in [1.165, 1.54) is 25.7 Å². The molecule has 0 aliphatic heterocycles. The molecule has 0 saturated carbocycles. The number of hydrogen-bond acceptors (Lipinski definition) is 1. The first-order chi connectivity index (χ1) is 9.17. The van der Waals surface area contributed by atoms with Gasteiger partial charge in [-0.15, -0.1) is 0 Å². The fourth-order valence-corrected chi connectivity index (χ4v) is 9.30. The molecule has 0 aromatic carbocycles. The van der Waals surface area contributed by atoms with E-state index in [2.05, 4.69) is 69.9 Å². The second-order valence-corrected chi connectivity index (χ2v) is 50.1. The summed E-state index contributed by atoms with van der Waals surface area (Å²) in [5.74, 6) is 0. The monoisotopic (exact) mass is 608 g/mol. The quantitative estimate of drug-likeness (QED) is 0.303. The first-order valence-electron chi connectivity index (χ1n) is 7.05. The molecule has 1 aliphatic rings. The van der Waals surface area contributed by atoms with Crippen molar-refractivity contribution >= 4 is 35.1 Å². The second-order valence-electron chi connectivity index (χ2n) is 5.22. The van der Waals surface area contributed by atoms with Crippen LogP contribution in [0.15, 0.2) is 22.3 Å². The van der Waals surface area contributed by atoms with Crippen molar-refractivity contribution in [2.75, 3.05) is 12.3 Å². The number of halogens is 2. The van der Waals surface area contributed by atoms with E-state index in [4.69, 9.17) is 0 Å². The molecule has 0 aromatic heterocycles. The van der Waals surface area contributed by atoms with E-state index < -0.39 is 18.2 Å². The van der Waals surface area contributed by atoms with Gasteiger partial charge in [-0.25, -0.2) is 0 Å². The Morgan fingerprint density at radius 2 is 1.65 bits per heavy atom. The molecule has 1 aliphatic carbocycles. The minimum atomic E-state index is -2.39. The maximum atomic E-state index is 9.38. The predicted molar refractivity (Wildman–Crippen MR) is 100 cm³/mol. The molecule has 5 heteroatoms. The fraction of sp³-hybridized carbons (Fsp3) is 0.733. The van der Waals surface area contributed by atoms with Crippen molar-refractivity contribution in [2.24, 2.45) is 0 Å². The van der Waals surface area contributed by atoms with Gasteiger partial charge >= 0.3 is 76.7 Å². The summed E-state index contributed by atoms with van der Waals surface area (Å²) in [7, 11) is -2.98. The molecule has 0 unspecified atom stereocenters. The molecule has 0 atom stereocenters. The van der Waals surface area contributed by atoms with Crippen molar-refractivity contribution in [1.29, 1.82) is 0 Å². The Balaban J connectivity index is 0.000000361. The van der Waals surface area contributed by atoms with Crippen LogP contribution in [0.5, 0.6) is 0 Å². The van der Waals surface area contributed by atoms with Gasteiger partial charge in [-0.05, 0) is 25.2 Å². The summed E-state index contributed by atoms with van der Waals surface area (Å²) in [5, 5.41) is 0. The molecular formula is C15H30Br2IrOP. The summed E-state index contributed by atoms with van der Waals surface area (Å²) in [6, 6.07) is 0. The zero-order valence-corrected chi connectivity index (χ0v) is 19.6. The van der Waals surface area contributed by atoms with Gasteiger partial charge in [0.25, 0.3) is 0 Å². The Kier molecular flexibility index (Phi) is 11.1. The van der Waals surface area contributed by atoms with Gasteiger partial charge in [0.05, 0.1) is 0 Å². The third-order valence-electron chi connectivity index (χ3n) is 2.84. The molecule has 1 N–H and O–H groups in total. The first-order valence-corrected chi connectivity index (χ1v) is 25.2. The van der Waals surface area contributed by atoms with Crippen molar-refractivity contribution in [2.45, 2.75) is 56.8 Å². The number of allylic oxidation sites excluding steroid dienone is 4. The average Bonchev–Trinajstić information content (AvgIpc) is 2.87. The number of hydrogen-bond donors (Lipinski definition) is 1. The standard InChI is InChI=1S/C8H19OP.C5H5.2CH3.2BrH.Ir/c1-3-5-7-10(9)8-6-4-2;1-2-4-5-3-1;;;;;/h9H,3-8H2,1-2H3;1-3H,4H2;2*1H3;2*1H;/q;;;;;;+2/p-2. The second kappa shape index (κ2) is 10.3. The van der Waals surface area contributed by atoms with Gasteiger partial charge in [-0.1, -0.05) is 26.7 Å². The third-order valence-corrected chi connectivity index (χ3v) is 15.2. The van der Waals surface area contributed by atoms with Gasteiger partial charge in [0, 0.05) is 8.15 Å².